The first kappa shape index (κ1) is 18.5. The molecule has 0 amide bonds. The fourth-order valence-corrected chi connectivity index (χ4v) is 3.87. The number of hydrogen-bond donors (Lipinski definition) is 1. The third-order valence-corrected chi connectivity index (χ3v) is 4.94. The Bertz CT molecular complexity index is 810. The number of carbonyl (C=O) groups excluding carboxylic acids is 2. The van der Waals surface area contributed by atoms with Gasteiger partial charge in [0.2, 0.25) is 0 Å². The van der Waals surface area contributed by atoms with Gasteiger partial charge in [0.05, 0.1) is 18.1 Å². The highest BCUT2D eigenvalue weighted by Crippen LogP contribution is 2.47. The number of ether oxygens (including phenoxy) is 1. The summed E-state index contributed by atoms with van der Waals surface area (Å²) < 4.78 is 11.3. The van der Waals surface area contributed by atoms with Crippen LogP contribution >= 0.6 is 0 Å². The molecule has 2 heterocycles. The van der Waals surface area contributed by atoms with Gasteiger partial charge >= 0.3 is 5.97 Å². The van der Waals surface area contributed by atoms with E-state index < -0.39 is 5.92 Å². The summed E-state index contributed by atoms with van der Waals surface area (Å²) in [6.07, 6.45) is 1.97. The summed E-state index contributed by atoms with van der Waals surface area (Å²) in [4.78, 5) is 25.8. The Morgan fingerprint density at radius 2 is 2.04 bits per heavy atom. The molecule has 2 aliphatic rings. The fourth-order valence-electron chi connectivity index (χ4n) is 3.87. The van der Waals surface area contributed by atoms with Crippen LogP contribution in [0.5, 0.6) is 0 Å². The lowest BCUT2D eigenvalue weighted by atomic mass is 9.69. The number of ketones is 1. The molecule has 1 aliphatic heterocycles. The maximum atomic E-state index is 13.0. The average Bonchev–Trinajstić information content (AvgIpc) is 2.96. The number of Topliss-reactive ketones (excluding diaryl/α,β-unsaturated/α-hetero) is 1. The SMILES string of the molecule is CCCOC(=O)C1=C(C)NC2=C(C(=O)CC(C)(C)C2)C1c1ccc(C)o1. The minimum absolute atomic E-state index is 0.0658. The van der Waals surface area contributed by atoms with Gasteiger partial charge in [0.1, 0.15) is 11.5 Å². The second-order valence-corrected chi connectivity index (χ2v) is 8.01. The molecule has 1 unspecified atom stereocenters. The summed E-state index contributed by atoms with van der Waals surface area (Å²) in [7, 11) is 0. The molecule has 1 aromatic heterocycles. The molecule has 140 valence electrons. The lowest BCUT2D eigenvalue weighted by Gasteiger charge is -2.38. The monoisotopic (exact) mass is 357 g/mol. The number of rotatable bonds is 4. The lowest BCUT2D eigenvalue weighted by Crippen LogP contribution is -2.38. The summed E-state index contributed by atoms with van der Waals surface area (Å²) in [6, 6.07) is 3.71. The van der Waals surface area contributed by atoms with E-state index in [9.17, 15) is 9.59 Å². The Hall–Kier alpha value is -2.30. The van der Waals surface area contributed by atoms with Crippen LogP contribution in [0.1, 0.15) is 64.4 Å². The van der Waals surface area contributed by atoms with Crippen LogP contribution in [0.15, 0.2) is 39.1 Å². The van der Waals surface area contributed by atoms with Gasteiger partial charge < -0.3 is 14.5 Å². The van der Waals surface area contributed by atoms with Crippen molar-refractivity contribution in [1.29, 1.82) is 0 Å². The van der Waals surface area contributed by atoms with Crippen molar-refractivity contribution in [3.63, 3.8) is 0 Å². The third-order valence-electron chi connectivity index (χ3n) is 4.94. The lowest BCUT2D eigenvalue weighted by molar-refractivity contribution is -0.139. The van der Waals surface area contributed by atoms with Crippen molar-refractivity contribution in [3.05, 3.63) is 46.2 Å². The molecule has 0 radical (unpaired) electrons. The topological polar surface area (TPSA) is 68.5 Å². The van der Waals surface area contributed by atoms with Crippen molar-refractivity contribution >= 4 is 11.8 Å². The van der Waals surface area contributed by atoms with E-state index in [0.717, 1.165) is 30.0 Å². The molecule has 1 aliphatic carbocycles. The first-order valence-electron chi connectivity index (χ1n) is 9.21. The Labute approximate surface area is 154 Å². The summed E-state index contributed by atoms with van der Waals surface area (Å²) in [6.45, 7) is 10.2. The molecule has 0 fully saturated rings. The van der Waals surface area contributed by atoms with Crippen LogP contribution in [0.2, 0.25) is 0 Å². The molecule has 5 heteroatoms. The van der Waals surface area contributed by atoms with Crippen molar-refractivity contribution in [2.24, 2.45) is 5.41 Å². The maximum Gasteiger partial charge on any atom is 0.336 e. The molecule has 1 N–H and O–H groups in total. The molecular weight excluding hydrogens is 330 g/mol. The van der Waals surface area contributed by atoms with Gasteiger partial charge in [0, 0.05) is 23.4 Å². The van der Waals surface area contributed by atoms with Gasteiger partial charge in [-0.15, -0.1) is 0 Å². The molecule has 3 rings (SSSR count). The number of hydrogen-bond acceptors (Lipinski definition) is 5. The van der Waals surface area contributed by atoms with Gasteiger partial charge in [-0.1, -0.05) is 20.8 Å². The highest BCUT2D eigenvalue weighted by atomic mass is 16.5. The van der Waals surface area contributed by atoms with Gasteiger partial charge in [-0.25, -0.2) is 4.79 Å². The summed E-state index contributed by atoms with van der Waals surface area (Å²) in [5.74, 6) is 0.541. The standard InChI is InChI=1S/C21H27NO4/c1-6-9-25-20(24)17-13(3)22-14-10-21(4,5)11-15(23)18(14)19(17)16-8-7-12(2)26-16/h7-8,19,22H,6,9-11H2,1-5H3. The number of furan rings is 1. The highest BCUT2D eigenvalue weighted by molar-refractivity contribution is 6.04. The van der Waals surface area contributed by atoms with Crippen LogP contribution in [0.3, 0.4) is 0 Å². The second kappa shape index (κ2) is 6.78. The number of esters is 1. The Morgan fingerprint density at radius 1 is 1.31 bits per heavy atom. The van der Waals surface area contributed by atoms with E-state index in [2.05, 4.69) is 19.2 Å². The minimum atomic E-state index is -0.507. The summed E-state index contributed by atoms with van der Waals surface area (Å²) in [5.41, 5.74) is 2.64. The van der Waals surface area contributed by atoms with Crippen molar-refractivity contribution in [2.75, 3.05) is 6.61 Å². The van der Waals surface area contributed by atoms with E-state index in [1.807, 2.05) is 32.9 Å². The van der Waals surface area contributed by atoms with E-state index >= 15 is 0 Å². The normalized spacial score (nSPS) is 22.2. The third kappa shape index (κ3) is 3.35. The number of dihydropyridines is 1. The zero-order valence-corrected chi connectivity index (χ0v) is 16.2. The molecule has 0 aromatic carbocycles. The van der Waals surface area contributed by atoms with Gasteiger partial charge in [-0.2, -0.15) is 0 Å². The molecule has 0 saturated heterocycles. The van der Waals surface area contributed by atoms with Crippen molar-refractivity contribution < 1.29 is 18.7 Å². The summed E-state index contributed by atoms with van der Waals surface area (Å²) in [5, 5.41) is 3.31. The van der Waals surface area contributed by atoms with E-state index in [4.69, 9.17) is 9.15 Å². The largest absolute Gasteiger partial charge is 0.465 e. The quantitative estimate of drug-likeness (QED) is 0.820. The zero-order valence-electron chi connectivity index (χ0n) is 16.2. The van der Waals surface area contributed by atoms with E-state index in [1.54, 1.807) is 0 Å². The van der Waals surface area contributed by atoms with Crippen LogP contribution in [0.4, 0.5) is 0 Å². The van der Waals surface area contributed by atoms with E-state index in [1.165, 1.54) is 0 Å². The van der Waals surface area contributed by atoms with Gasteiger partial charge in [0.25, 0.3) is 0 Å². The molecule has 1 aromatic rings. The average molecular weight is 357 g/mol. The van der Waals surface area contributed by atoms with E-state index in [-0.39, 0.29) is 17.2 Å². The number of allylic oxidation sites excluding steroid dienone is 3. The van der Waals surface area contributed by atoms with Crippen LogP contribution in [-0.2, 0) is 14.3 Å². The van der Waals surface area contributed by atoms with Crippen molar-refractivity contribution in [1.82, 2.24) is 5.32 Å². The predicted molar refractivity (Wildman–Crippen MR) is 98.3 cm³/mol. The van der Waals surface area contributed by atoms with Crippen LogP contribution < -0.4 is 5.32 Å². The molecule has 0 saturated carbocycles. The molecule has 0 bridgehead atoms. The highest BCUT2D eigenvalue weighted by Gasteiger charge is 2.44. The van der Waals surface area contributed by atoms with E-state index in [0.29, 0.717) is 29.9 Å². The molecule has 1 atom stereocenters. The van der Waals surface area contributed by atoms with Crippen LogP contribution in [-0.4, -0.2) is 18.4 Å². The summed E-state index contributed by atoms with van der Waals surface area (Å²) >= 11 is 0. The smallest absolute Gasteiger partial charge is 0.336 e. The Morgan fingerprint density at radius 3 is 2.65 bits per heavy atom. The van der Waals surface area contributed by atoms with Gasteiger partial charge in [-0.05, 0) is 44.2 Å². The Kier molecular flexibility index (Phi) is 4.82. The predicted octanol–water partition coefficient (Wildman–Crippen LogP) is 4.15. The minimum Gasteiger partial charge on any atom is -0.465 e. The number of nitrogens with one attached hydrogen (secondary N) is 1. The first-order valence-corrected chi connectivity index (χ1v) is 9.21. The number of aryl methyl sites for hydroxylation is 1. The van der Waals surface area contributed by atoms with Crippen LogP contribution in [0.25, 0.3) is 0 Å². The molecule has 5 nitrogen and oxygen atoms in total. The molecular formula is C21H27NO4. The molecule has 26 heavy (non-hydrogen) atoms. The van der Waals surface area contributed by atoms with Crippen LogP contribution in [0, 0.1) is 12.3 Å². The van der Waals surface area contributed by atoms with Gasteiger partial charge in [-0.3, -0.25) is 4.79 Å². The van der Waals surface area contributed by atoms with Crippen molar-refractivity contribution in [3.8, 4) is 0 Å². The number of carbonyl (C=O) groups is 2. The molecule has 0 spiro atoms. The second-order valence-electron chi connectivity index (χ2n) is 8.01. The maximum absolute atomic E-state index is 13.0. The van der Waals surface area contributed by atoms with Gasteiger partial charge in [0.15, 0.2) is 5.78 Å². The Balaban J connectivity index is 2.11. The van der Waals surface area contributed by atoms with Crippen molar-refractivity contribution in [2.45, 2.75) is 59.8 Å². The first-order chi connectivity index (χ1) is 12.2. The fraction of sp³-hybridized carbons (Fsp3) is 0.524. The zero-order chi connectivity index (χ0) is 19.1.